The molecule has 102 valence electrons. The van der Waals surface area contributed by atoms with Crippen molar-refractivity contribution in [1.82, 2.24) is 24.2 Å². The van der Waals surface area contributed by atoms with E-state index in [0.717, 1.165) is 25.7 Å². The Balaban J connectivity index is 2.02. The van der Waals surface area contributed by atoms with Gasteiger partial charge in [0, 0.05) is 13.1 Å². The third-order valence-corrected chi connectivity index (χ3v) is 4.77. The number of hydrogen-bond acceptors (Lipinski definition) is 4. The molecule has 0 saturated carbocycles. The van der Waals surface area contributed by atoms with Gasteiger partial charge in [0.1, 0.15) is 12.2 Å². The normalized spacial score (nSPS) is 20.5. The molecule has 0 spiro atoms. The van der Waals surface area contributed by atoms with Crippen LogP contribution in [-0.2, 0) is 10.2 Å². The number of nitrogens with zero attached hydrogens (tertiary/aromatic N) is 3. The molecule has 1 fully saturated rings. The maximum atomic E-state index is 12.2. The van der Waals surface area contributed by atoms with E-state index in [4.69, 9.17) is 0 Å². The standard InChI is InChI=1S/C10H19N5O2S/c1-9(10-11-8-12-13-10)14-18(16,17)15-6-4-2-3-5-7-15/h8-9,14H,2-7H2,1H3,(H,11,12,13). The quantitative estimate of drug-likeness (QED) is 0.839. The van der Waals surface area contributed by atoms with Gasteiger partial charge < -0.3 is 0 Å². The molecule has 8 heteroatoms. The van der Waals surface area contributed by atoms with Crippen LogP contribution in [-0.4, -0.2) is 41.0 Å². The summed E-state index contributed by atoms with van der Waals surface area (Å²) >= 11 is 0. The molecule has 1 aliphatic rings. The lowest BCUT2D eigenvalue weighted by Crippen LogP contribution is -2.42. The average Bonchev–Trinajstić information content (AvgIpc) is 2.70. The summed E-state index contributed by atoms with van der Waals surface area (Å²) in [5.74, 6) is 0.522. The van der Waals surface area contributed by atoms with Gasteiger partial charge >= 0.3 is 0 Å². The van der Waals surface area contributed by atoms with Crippen LogP contribution in [0, 0.1) is 0 Å². The minimum atomic E-state index is -3.44. The van der Waals surface area contributed by atoms with E-state index in [1.165, 1.54) is 10.6 Å². The van der Waals surface area contributed by atoms with E-state index < -0.39 is 16.3 Å². The van der Waals surface area contributed by atoms with Crippen molar-refractivity contribution in [3.63, 3.8) is 0 Å². The highest BCUT2D eigenvalue weighted by atomic mass is 32.2. The van der Waals surface area contributed by atoms with Crippen molar-refractivity contribution in [2.75, 3.05) is 13.1 Å². The highest BCUT2D eigenvalue weighted by molar-refractivity contribution is 7.87. The Morgan fingerprint density at radius 2 is 2.00 bits per heavy atom. The van der Waals surface area contributed by atoms with Gasteiger partial charge in [-0.25, -0.2) is 4.98 Å². The molecule has 2 heterocycles. The van der Waals surface area contributed by atoms with Gasteiger partial charge in [-0.05, 0) is 19.8 Å². The van der Waals surface area contributed by atoms with Crippen molar-refractivity contribution >= 4 is 10.2 Å². The van der Waals surface area contributed by atoms with Crippen LogP contribution >= 0.6 is 0 Å². The Labute approximate surface area is 107 Å². The third kappa shape index (κ3) is 3.27. The van der Waals surface area contributed by atoms with E-state index in [-0.39, 0.29) is 0 Å². The number of H-pyrrole nitrogens is 1. The summed E-state index contributed by atoms with van der Waals surface area (Å²) in [4.78, 5) is 3.95. The average molecular weight is 273 g/mol. The molecule has 18 heavy (non-hydrogen) atoms. The van der Waals surface area contributed by atoms with Crippen molar-refractivity contribution < 1.29 is 8.42 Å². The first-order valence-electron chi connectivity index (χ1n) is 6.22. The van der Waals surface area contributed by atoms with Gasteiger partial charge in [0.2, 0.25) is 0 Å². The van der Waals surface area contributed by atoms with Crippen LogP contribution in [0.4, 0.5) is 0 Å². The Kier molecular flexibility index (Phi) is 4.31. The fourth-order valence-corrected chi connectivity index (χ4v) is 3.51. The zero-order valence-electron chi connectivity index (χ0n) is 10.5. The van der Waals surface area contributed by atoms with Crippen LogP contribution in [0.15, 0.2) is 6.33 Å². The summed E-state index contributed by atoms with van der Waals surface area (Å²) in [5, 5.41) is 6.38. The van der Waals surface area contributed by atoms with Crippen molar-refractivity contribution in [2.24, 2.45) is 0 Å². The van der Waals surface area contributed by atoms with Crippen molar-refractivity contribution in [3.05, 3.63) is 12.2 Å². The van der Waals surface area contributed by atoms with Gasteiger partial charge in [0.25, 0.3) is 10.2 Å². The van der Waals surface area contributed by atoms with E-state index in [1.54, 1.807) is 6.92 Å². The van der Waals surface area contributed by atoms with Crippen molar-refractivity contribution in [1.29, 1.82) is 0 Å². The molecule has 1 aromatic heterocycles. The molecule has 2 rings (SSSR count). The van der Waals surface area contributed by atoms with E-state index in [0.29, 0.717) is 18.9 Å². The second-order valence-corrected chi connectivity index (χ2v) is 6.23. The minimum Gasteiger partial charge on any atom is -0.262 e. The van der Waals surface area contributed by atoms with Crippen molar-refractivity contribution in [2.45, 2.75) is 38.6 Å². The smallest absolute Gasteiger partial charge is 0.262 e. The molecular weight excluding hydrogens is 254 g/mol. The van der Waals surface area contributed by atoms with Crippen LogP contribution < -0.4 is 4.72 Å². The molecule has 0 amide bonds. The maximum absolute atomic E-state index is 12.2. The summed E-state index contributed by atoms with van der Waals surface area (Å²) in [6.45, 7) is 2.94. The first-order valence-corrected chi connectivity index (χ1v) is 7.66. The fraction of sp³-hybridized carbons (Fsp3) is 0.800. The Morgan fingerprint density at radius 3 is 2.56 bits per heavy atom. The van der Waals surface area contributed by atoms with E-state index in [2.05, 4.69) is 19.9 Å². The molecule has 0 aliphatic carbocycles. The lowest BCUT2D eigenvalue weighted by Gasteiger charge is -2.22. The highest BCUT2D eigenvalue weighted by Gasteiger charge is 2.25. The molecule has 0 aromatic carbocycles. The SMILES string of the molecule is CC(NS(=O)(=O)N1CCCCCC1)c1ncn[nH]1. The molecule has 7 nitrogen and oxygen atoms in total. The van der Waals surface area contributed by atoms with E-state index in [9.17, 15) is 8.42 Å². The Bertz CT molecular complexity index is 451. The first kappa shape index (κ1) is 13.4. The van der Waals surface area contributed by atoms with Crippen molar-refractivity contribution in [3.8, 4) is 0 Å². The van der Waals surface area contributed by atoms with Crippen LogP contribution in [0.25, 0.3) is 0 Å². The number of rotatable bonds is 4. The predicted molar refractivity (Wildman–Crippen MR) is 66.9 cm³/mol. The van der Waals surface area contributed by atoms with Gasteiger partial charge in [0.15, 0.2) is 0 Å². The lowest BCUT2D eigenvalue weighted by molar-refractivity contribution is 0.408. The lowest BCUT2D eigenvalue weighted by atomic mass is 10.2. The van der Waals surface area contributed by atoms with Gasteiger partial charge in [0.05, 0.1) is 6.04 Å². The summed E-state index contributed by atoms with van der Waals surface area (Å²) in [6, 6.07) is -0.402. The van der Waals surface area contributed by atoms with Gasteiger partial charge in [-0.2, -0.15) is 22.5 Å². The second-order valence-electron chi connectivity index (χ2n) is 4.53. The fourth-order valence-electron chi connectivity index (χ4n) is 2.06. The van der Waals surface area contributed by atoms with Crippen LogP contribution in [0.3, 0.4) is 0 Å². The molecule has 0 radical (unpaired) electrons. The Morgan fingerprint density at radius 1 is 1.33 bits per heavy atom. The monoisotopic (exact) mass is 273 g/mol. The summed E-state index contributed by atoms with van der Waals surface area (Å²) in [6.07, 6.45) is 5.43. The largest absolute Gasteiger partial charge is 0.280 e. The molecule has 0 bridgehead atoms. The van der Waals surface area contributed by atoms with Gasteiger partial charge in [-0.15, -0.1) is 0 Å². The molecular formula is C10H19N5O2S. The van der Waals surface area contributed by atoms with E-state index >= 15 is 0 Å². The minimum absolute atomic E-state index is 0.402. The first-order chi connectivity index (χ1) is 8.59. The molecule has 1 aromatic rings. The summed E-state index contributed by atoms with van der Waals surface area (Å²) in [5.41, 5.74) is 0. The van der Waals surface area contributed by atoms with Gasteiger partial charge in [-0.3, -0.25) is 5.10 Å². The highest BCUT2D eigenvalue weighted by Crippen LogP contribution is 2.15. The maximum Gasteiger partial charge on any atom is 0.280 e. The number of hydrogen-bond donors (Lipinski definition) is 2. The zero-order valence-corrected chi connectivity index (χ0v) is 11.3. The van der Waals surface area contributed by atoms with Crippen LogP contribution in [0.1, 0.15) is 44.5 Å². The number of aromatic amines is 1. The Hall–Kier alpha value is -0.990. The molecule has 2 N–H and O–H groups in total. The predicted octanol–water partition coefficient (Wildman–Crippen LogP) is 0.576. The summed E-state index contributed by atoms with van der Waals surface area (Å²) in [7, 11) is -3.44. The summed E-state index contributed by atoms with van der Waals surface area (Å²) < 4.78 is 28.5. The topological polar surface area (TPSA) is 91.0 Å². The molecule has 1 atom stereocenters. The molecule has 1 unspecified atom stereocenters. The second kappa shape index (κ2) is 5.77. The number of aromatic nitrogens is 3. The molecule has 1 saturated heterocycles. The zero-order chi connectivity index (χ0) is 13.0. The van der Waals surface area contributed by atoms with Crippen LogP contribution in [0.5, 0.6) is 0 Å². The van der Waals surface area contributed by atoms with Gasteiger partial charge in [-0.1, -0.05) is 12.8 Å². The number of nitrogens with one attached hydrogen (secondary N) is 2. The third-order valence-electron chi connectivity index (χ3n) is 3.07. The van der Waals surface area contributed by atoms with Crippen LogP contribution in [0.2, 0.25) is 0 Å². The molecule has 1 aliphatic heterocycles. The van der Waals surface area contributed by atoms with E-state index in [1.807, 2.05) is 0 Å².